The highest BCUT2D eigenvalue weighted by atomic mass is 16.2. The van der Waals surface area contributed by atoms with E-state index in [9.17, 15) is 9.59 Å². The molecule has 0 saturated carbocycles. The van der Waals surface area contributed by atoms with Gasteiger partial charge in [-0.2, -0.15) is 0 Å². The molecule has 2 heterocycles. The van der Waals surface area contributed by atoms with Gasteiger partial charge >= 0.3 is 0 Å². The van der Waals surface area contributed by atoms with E-state index in [1.54, 1.807) is 0 Å². The summed E-state index contributed by atoms with van der Waals surface area (Å²) in [6.45, 7) is 9.04. The Morgan fingerprint density at radius 2 is 0.820 bits per heavy atom. The molecule has 4 rings (SSSR count). The fourth-order valence-electron chi connectivity index (χ4n) is 6.38. The molecule has 0 fully saturated rings. The second-order valence-corrected chi connectivity index (χ2v) is 13.6. The molecule has 0 bridgehead atoms. The minimum atomic E-state index is 0.0803. The van der Waals surface area contributed by atoms with E-state index >= 15 is 0 Å². The molecule has 0 N–H and O–H groups in total. The Labute approximate surface area is 301 Å². The number of nitrogens with zero attached hydrogens (tertiary/aromatic N) is 4. The predicted molar refractivity (Wildman–Crippen MR) is 202 cm³/mol. The summed E-state index contributed by atoms with van der Waals surface area (Å²) in [7, 11) is 0. The Morgan fingerprint density at radius 1 is 0.460 bits per heavy atom. The number of carbonyl (C=O) groups excluding carboxylic acids is 2. The number of benzene rings is 2. The van der Waals surface area contributed by atoms with Crippen LogP contribution in [0.25, 0.3) is 0 Å². The molecule has 2 aromatic heterocycles. The van der Waals surface area contributed by atoms with Crippen molar-refractivity contribution >= 4 is 11.8 Å². The lowest BCUT2D eigenvalue weighted by Gasteiger charge is -2.24. The van der Waals surface area contributed by atoms with E-state index < -0.39 is 0 Å². The van der Waals surface area contributed by atoms with Gasteiger partial charge in [-0.05, 0) is 36.8 Å². The van der Waals surface area contributed by atoms with Crippen molar-refractivity contribution in [1.82, 2.24) is 9.80 Å². The van der Waals surface area contributed by atoms with Crippen molar-refractivity contribution < 1.29 is 18.7 Å². The van der Waals surface area contributed by atoms with Crippen LogP contribution in [-0.2, 0) is 26.2 Å². The number of unbranched alkanes of at least 4 members (excludes halogenated alkanes) is 9. The van der Waals surface area contributed by atoms with E-state index in [2.05, 4.69) is 47.2 Å². The first-order valence-corrected chi connectivity index (χ1v) is 19.2. The largest absolute Gasteiger partial charge is 0.334 e. The zero-order valence-corrected chi connectivity index (χ0v) is 30.7. The van der Waals surface area contributed by atoms with Gasteiger partial charge in [0, 0.05) is 63.3 Å². The highest BCUT2D eigenvalue weighted by molar-refractivity contribution is 5.94. The van der Waals surface area contributed by atoms with Gasteiger partial charge in [0.05, 0.1) is 11.1 Å². The molecule has 6 nitrogen and oxygen atoms in total. The van der Waals surface area contributed by atoms with Crippen LogP contribution >= 0.6 is 0 Å². The first kappa shape index (κ1) is 38.5. The van der Waals surface area contributed by atoms with E-state index in [1.165, 1.54) is 38.5 Å². The SMILES string of the molecule is CCCCCC[n+]1ccc(C(=O)N(CCCCCCN(Cc2ccccc2)C(=O)c2cc[n+](CCCCCC)cc2)Cc2ccccc2)cc1. The average molecular weight is 677 g/mol. The van der Waals surface area contributed by atoms with Crippen LogP contribution in [-0.4, -0.2) is 34.7 Å². The highest BCUT2D eigenvalue weighted by Gasteiger charge is 2.19. The fourth-order valence-corrected chi connectivity index (χ4v) is 6.38. The number of aromatic nitrogens is 2. The van der Waals surface area contributed by atoms with Crippen LogP contribution in [0.4, 0.5) is 0 Å². The summed E-state index contributed by atoms with van der Waals surface area (Å²) >= 11 is 0. The molecule has 6 heteroatoms. The van der Waals surface area contributed by atoms with Gasteiger partial charge in [-0.25, -0.2) is 9.13 Å². The van der Waals surface area contributed by atoms with Gasteiger partial charge in [0.15, 0.2) is 24.8 Å². The summed E-state index contributed by atoms with van der Waals surface area (Å²) in [5, 5.41) is 0. The van der Waals surface area contributed by atoms with Gasteiger partial charge in [-0.1, -0.05) is 113 Å². The van der Waals surface area contributed by atoms with Crippen molar-refractivity contribution in [2.24, 2.45) is 0 Å². The first-order chi connectivity index (χ1) is 24.6. The first-order valence-electron chi connectivity index (χ1n) is 19.2. The number of amides is 2. The predicted octanol–water partition coefficient (Wildman–Crippen LogP) is 8.97. The van der Waals surface area contributed by atoms with Gasteiger partial charge in [0.2, 0.25) is 0 Å². The van der Waals surface area contributed by atoms with Gasteiger partial charge in [0.25, 0.3) is 11.8 Å². The van der Waals surface area contributed by atoms with E-state index in [-0.39, 0.29) is 11.8 Å². The second-order valence-electron chi connectivity index (χ2n) is 13.6. The second kappa shape index (κ2) is 22.4. The summed E-state index contributed by atoms with van der Waals surface area (Å²) in [6, 6.07) is 28.4. The van der Waals surface area contributed by atoms with Crippen LogP contribution in [0.2, 0.25) is 0 Å². The molecule has 0 aliphatic carbocycles. The number of aryl methyl sites for hydroxylation is 2. The summed E-state index contributed by atoms with van der Waals surface area (Å²) in [4.78, 5) is 31.4. The van der Waals surface area contributed by atoms with E-state index in [0.29, 0.717) is 26.2 Å². The Morgan fingerprint density at radius 3 is 1.18 bits per heavy atom. The Balaban J connectivity index is 1.30. The zero-order valence-electron chi connectivity index (χ0n) is 30.7. The summed E-state index contributed by atoms with van der Waals surface area (Å²) in [5.41, 5.74) is 3.76. The lowest BCUT2D eigenvalue weighted by molar-refractivity contribution is -0.697. The maximum Gasteiger partial charge on any atom is 0.254 e. The Hall–Kier alpha value is -4.32. The number of carbonyl (C=O) groups is 2. The number of hydrogen-bond donors (Lipinski definition) is 0. The third-order valence-corrected chi connectivity index (χ3v) is 9.43. The minimum absolute atomic E-state index is 0.0803. The van der Waals surface area contributed by atoms with Crippen LogP contribution in [0.3, 0.4) is 0 Å². The number of pyridine rings is 2. The van der Waals surface area contributed by atoms with Crippen molar-refractivity contribution in [3.05, 3.63) is 132 Å². The van der Waals surface area contributed by atoms with Gasteiger partial charge in [0.1, 0.15) is 13.1 Å². The van der Waals surface area contributed by atoms with Gasteiger partial charge in [-0.3, -0.25) is 9.59 Å². The van der Waals surface area contributed by atoms with E-state index in [4.69, 9.17) is 0 Å². The molecular weight excluding hydrogens is 617 g/mol. The topological polar surface area (TPSA) is 48.4 Å². The number of rotatable bonds is 23. The quantitative estimate of drug-likeness (QED) is 0.0582. The normalized spacial score (nSPS) is 11.0. The monoisotopic (exact) mass is 676 g/mol. The summed E-state index contributed by atoms with van der Waals surface area (Å²) in [5.74, 6) is 0.161. The van der Waals surface area contributed by atoms with Crippen molar-refractivity contribution in [2.45, 2.75) is 117 Å². The third kappa shape index (κ3) is 13.5. The van der Waals surface area contributed by atoms with Crippen LogP contribution < -0.4 is 9.13 Å². The highest BCUT2D eigenvalue weighted by Crippen LogP contribution is 2.15. The molecule has 0 unspecified atom stereocenters. The van der Waals surface area contributed by atoms with Crippen LogP contribution in [0.1, 0.15) is 123 Å². The molecule has 0 atom stereocenters. The fraction of sp³-hybridized carbons (Fsp3) is 0.455. The lowest BCUT2D eigenvalue weighted by Crippen LogP contribution is -2.35. The van der Waals surface area contributed by atoms with Crippen LogP contribution in [0.5, 0.6) is 0 Å². The lowest BCUT2D eigenvalue weighted by atomic mass is 10.1. The van der Waals surface area contributed by atoms with E-state index in [0.717, 1.165) is 73.9 Å². The smallest absolute Gasteiger partial charge is 0.254 e. The molecule has 2 aromatic carbocycles. The molecule has 50 heavy (non-hydrogen) atoms. The molecule has 0 aliphatic heterocycles. The van der Waals surface area contributed by atoms with Crippen LogP contribution in [0, 0.1) is 0 Å². The minimum Gasteiger partial charge on any atom is -0.334 e. The molecule has 266 valence electrons. The molecule has 0 spiro atoms. The molecule has 0 aliphatic rings. The molecule has 0 radical (unpaired) electrons. The van der Waals surface area contributed by atoms with Crippen molar-refractivity contribution in [1.29, 1.82) is 0 Å². The maximum absolute atomic E-state index is 13.7. The van der Waals surface area contributed by atoms with Crippen molar-refractivity contribution in [3.63, 3.8) is 0 Å². The Kier molecular flexibility index (Phi) is 17.2. The average Bonchev–Trinajstić information content (AvgIpc) is 3.16. The molecule has 0 saturated heterocycles. The number of hydrogen-bond acceptors (Lipinski definition) is 2. The van der Waals surface area contributed by atoms with Crippen LogP contribution in [0.15, 0.2) is 110 Å². The Bertz CT molecular complexity index is 1390. The van der Waals surface area contributed by atoms with Gasteiger partial charge in [-0.15, -0.1) is 0 Å². The van der Waals surface area contributed by atoms with Gasteiger partial charge < -0.3 is 9.80 Å². The zero-order chi connectivity index (χ0) is 35.2. The summed E-state index contributed by atoms with van der Waals surface area (Å²) < 4.78 is 4.37. The molecular formula is C44H60N4O2+2. The summed E-state index contributed by atoms with van der Waals surface area (Å²) in [6.07, 6.45) is 21.8. The molecule has 4 aromatic rings. The third-order valence-electron chi connectivity index (χ3n) is 9.43. The molecule has 2 amide bonds. The standard InChI is InChI=1S/C44H60N4O2/c1-3-5-7-17-29-45-33-25-41(26-34-45)43(49)47(37-39-21-13-11-14-22-39)31-19-9-10-20-32-48(38-40-23-15-12-16-24-40)44(50)42-27-35-46(36-28-42)30-18-8-6-4-2/h11-16,21-28,33-36H,3-10,17-20,29-32,37-38H2,1-2H3/q+2. The van der Waals surface area contributed by atoms with Crippen molar-refractivity contribution in [3.8, 4) is 0 Å². The maximum atomic E-state index is 13.7. The van der Waals surface area contributed by atoms with Crippen molar-refractivity contribution in [2.75, 3.05) is 13.1 Å². The van der Waals surface area contributed by atoms with E-state index in [1.807, 2.05) is 95.3 Å².